The molecule has 0 saturated carbocycles. The van der Waals surface area contributed by atoms with E-state index >= 15 is 0 Å². The number of carbonyl (C=O) groups is 1. The van der Waals surface area contributed by atoms with Crippen LogP contribution in [0.2, 0.25) is 0 Å². The van der Waals surface area contributed by atoms with Gasteiger partial charge in [-0.05, 0) is 84.9 Å². The average Bonchev–Trinajstić information content (AvgIpc) is 3.12. The van der Waals surface area contributed by atoms with Crippen molar-refractivity contribution in [3.8, 4) is 5.75 Å². The van der Waals surface area contributed by atoms with Crippen molar-refractivity contribution in [2.75, 3.05) is 13.2 Å². The standard InChI is InChI=1S/C47H55BO5/c1-44(2,3)34-13-19-37(20-14-34)47(38-21-15-35(16-22-38)45(4,5)6,39-23-17-36(18-24-39)46(7,8)9)40-25-29-42(30-26-40)52-31-10-32-53-43(49)33-11-27-41(28-12-33)48(50)51/h11-30,50-51H,10,31-32H2,1-9H3. The summed E-state index contributed by atoms with van der Waals surface area (Å²) in [5.74, 6) is 0.271. The molecule has 5 aromatic rings. The van der Waals surface area contributed by atoms with Gasteiger partial charge >= 0.3 is 13.1 Å². The summed E-state index contributed by atoms with van der Waals surface area (Å²) in [5.41, 5.74) is 8.70. The third kappa shape index (κ3) is 9.12. The molecule has 0 fully saturated rings. The molecule has 6 heteroatoms. The fourth-order valence-corrected chi connectivity index (χ4v) is 6.75. The molecule has 5 aromatic carbocycles. The van der Waals surface area contributed by atoms with Gasteiger partial charge < -0.3 is 19.5 Å². The molecule has 0 heterocycles. The first-order valence-corrected chi connectivity index (χ1v) is 18.6. The van der Waals surface area contributed by atoms with Crippen LogP contribution in [0.25, 0.3) is 0 Å². The minimum Gasteiger partial charge on any atom is -0.493 e. The summed E-state index contributed by atoms with van der Waals surface area (Å²) >= 11 is 0. The van der Waals surface area contributed by atoms with E-state index in [2.05, 4.69) is 147 Å². The SMILES string of the molecule is CC(C)(C)c1ccc(C(c2ccc(OCCCOC(=O)c3ccc(B(O)O)cc3)cc2)(c2ccc(C(C)(C)C)cc2)c2ccc(C(C)(C)C)cc2)cc1. The smallest absolute Gasteiger partial charge is 0.488 e. The number of hydrogen-bond donors (Lipinski definition) is 2. The molecular formula is C47H55BO5. The van der Waals surface area contributed by atoms with Crippen molar-refractivity contribution in [2.24, 2.45) is 0 Å². The Morgan fingerprint density at radius 2 is 0.830 bits per heavy atom. The minimum absolute atomic E-state index is 0.0254. The van der Waals surface area contributed by atoms with Crippen LogP contribution in [0.1, 0.15) is 118 Å². The number of rotatable bonds is 11. The van der Waals surface area contributed by atoms with E-state index in [-0.39, 0.29) is 22.9 Å². The summed E-state index contributed by atoms with van der Waals surface area (Å²) in [6.45, 7) is 20.8. The number of carbonyl (C=O) groups excluding carboxylic acids is 1. The predicted octanol–water partition coefficient (Wildman–Crippen LogP) is 9.27. The van der Waals surface area contributed by atoms with Gasteiger partial charge in [0.15, 0.2) is 0 Å². The van der Waals surface area contributed by atoms with Crippen LogP contribution in [0.4, 0.5) is 0 Å². The molecule has 0 bridgehead atoms. The zero-order valence-corrected chi connectivity index (χ0v) is 32.9. The largest absolute Gasteiger partial charge is 0.493 e. The topological polar surface area (TPSA) is 76.0 Å². The molecular weight excluding hydrogens is 655 g/mol. The van der Waals surface area contributed by atoms with E-state index in [9.17, 15) is 14.8 Å². The third-order valence-electron chi connectivity index (χ3n) is 10.1. The van der Waals surface area contributed by atoms with E-state index in [1.807, 2.05) is 12.1 Å². The molecule has 0 aliphatic carbocycles. The average molecular weight is 711 g/mol. The Hall–Kier alpha value is -4.65. The van der Waals surface area contributed by atoms with Gasteiger partial charge in [0.2, 0.25) is 0 Å². The lowest BCUT2D eigenvalue weighted by molar-refractivity contribution is 0.0486. The van der Waals surface area contributed by atoms with Crippen molar-refractivity contribution in [1.29, 1.82) is 0 Å². The van der Waals surface area contributed by atoms with Gasteiger partial charge in [0.1, 0.15) is 5.75 Å². The lowest BCUT2D eigenvalue weighted by Crippen LogP contribution is -2.31. The fraction of sp³-hybridized carbons (Fsp3) is 0.340. The zero-order valence-electron chi connectivity index (χ0n) is 32.9. The monoisotopic (exact) mass is 710 g/mol. The first-order valence-electron chi connectivity index (χ1n) is 18.6. The molecule has 0 radical (unpaired) electrons. The molecule has 276 valence electrons. The van der Waals surface area contributed by atoms with Gasteiger partial charge in [-0.1, -0.05) is 159 Å². The summed E-state index contributed by atoms with van der Waals surface area (Å²) in [6.07, 6.45) is 0.519. The molecule has 0 amide bonds. The summed E-state index contributed by atoms with van der Waals surface area (Å²) in [6, 6.07) is 41.9. The summed E-state index contributed by atoms with van der Waals surface area (Å²) in [4.78, 5) is 12.5. The second-order valence-corrected chi connectivity index (χ2v) is 17.1. The van der Waals surface area contributed by atoms with Crippen LogP contribution in [-0.2, 0) is 26.4 Å². The molecule has 0 saturated heterocycles. The van der Waals surface area contributed by atoms with Crippen LogP contribution >= 0.6 is 0 Å². The molecule has 2 N–H and O–H groups in total. The van der Waals surface area contributed by atoms with Crippen LogP contribution in [-0.4, -0.2) is 36.3 Å². The second-order valence-electron chi connectivity index (χ2n) is 17.1. The van der Waals surface area contributed by atoms with Gasteiger partial charge in [-0.15, -0.1) is 0 Å². The number of benzene rings is 5. The predicted molar refractivity (Wildman–Crippen MR) is 218 cm³/mol. The Labute approximate surface area is 317 Å². The molecule has 0 aliphatic heterocycles. The molecule has 53 heavy (non-hydrogen) atoms. The highest BCUT2D eigenvalue weighted by Crippen LogP contribution is 2.47. The van der Waals surface area contributed by atoms with Gasteiger partial charge in [-0.2, -0.15) is 0 Å². The molecule has 0 spiro atoms. The normalized spacial score (nSPS) is 12.4. The first kappa shape index (κ1) is 39.6. The van der Waals surface area contributed by atoms with Crippen molar-refractivity contribution >= 4 is 18.6 Å². The molecule has 5 nitrogen and oxygen atoms in total. The van der Waals surface area contributed by atoms with Gasteiger partial charge in [0.25, 0.3) is 0 Å². The van der Waals surface area contributed by atoms with Crippen molar-refractivity contribution in [3.63, 3.8) is 0 Å². The lowest BCUT2D eigenvalue weighted by atomic mass is 9.64. The van der Waals surface area contributed by atoms with Crippen LogP contribution in [0.15, 0.2) is 121 Å². The van der Waals surface area contributed by atoms with E-state index in [1.165, 1.54) is 57.6 Å². The summed E-state index contributed by atoms with van der Waals surface area (Å²) in [5, 5.41) is 18.6. The molecule has 0 aromatic heterocycles. The van der Waals surface area contributed by atoms with Gasteiger partial charge in [-0.3, -0.25) is 0 Å². The summed E-state index contributed by atoms with van der Waals surface area (Å²) < 4.78 is 11.6. The Morgan fingerprint density at radius 3 is 1.17 bits per heavy atom. The van der Waals surface area contributed by atoms with Gasteiger partial charge in [0, 0.05) is 6.42 Å². The minimum atomic E-state index is -1.58. The lowest BCUT2D eigenvalue weighted by Gasteiger charge is -2.38. The highest BCUT2D eigenvalue weighted by Gasteiger charge is 2.39. The number of hydrogen-bond acceptors (Lipinski definition) is 5. The van der Waals surface area contributed by atoms with Crippen molar-refractivity contribution in [1.82, 2.24) is 0 Å². The van der Waals surface area contributed by atoms with E-state index in [1.54, 1.807) is 0 Å². The first-order chi connectivity index (χ1) is 24.9. The van der Waals surface area contributed by atoms with Crippen molar-refractivity contribution in [2.45, 2.75) is 90.4 Å². The van der Waals surface area contributed by atoms with Crippen LogP contribution in [0, 0.1) is 0 Å². The maximum atomic E-state index is 12.5. The Morgan fingerprint density at radius 1 is 0.491 bits per heavy atom. The Kier molecular flexibility index (Phi) is 11.8. The maximum Gasteiger partial charge on any atom is 0.488 e. The maximum absolute atomic E-state index is 12.5. The Bertz CT molecular complexity index is 1800. The van der Waals surface area contributed by atoms with E-state index < -0.39 is 18.5 Å². The van der Waals surface area contributed by atoms with Crippen LogP contribution in [0.3, 0.4) is 0 Å². The summed E-state index contributed by atoms with van der Waals surface area (Å²) in [7, 11) is -1.58. The number of ether oxygens (including phenoxy) is 2. The highest BCUT2D eigenvalue weighted by atomic mass is 16.5. The van der Waals surface area contributed by atoms with E-state index in [0.29, 0.717) is 24.1 Å². The zero-order chi connectivity index (χ0) is 38.6. The molecule has 0 aliphatic rings. The highest BCUT2D eigenvalue weighted by molar-refractivity contribution is 6.58. The Balaban J connectivity index is 1.47. The van der Waals surface area contributed by atoms with E-state index in [0.717, 1.165) is 11.3 Å². The van der Waals surface area contributed by atoms with Gasteiger partial charge in [0.05, 0.1) is 24.2 Å². The van der Waals surface area contributed by atoms with Crippen LogP contribution < -0.4 is 10.2 Å². The van der Waals surface area contributed by atoms with E-state index in [4.69, 9.17) is 9.47 Å². The third-order valence-corrected chi connectivity index (χ3v) is 10.1. The molecule has 0 atom stereocenters. The fourth-order valence-electron chi connectivity index (χ4n) is 6.75. The van der Waals surface area contributed by atoms with Crippen LogP contribution in [0.5, 0.6) is 5.75 Å². The van der Waals surface area contributed by atoms with Gasteiger partial charge in [-0.25, -0.2) is 4.79 Å². The van der Waals surface area contributed by atoms with Crippen molar-refractivity contribution in [3.05, 3.63) is 166 Å². The second kappa shape index (κ2) is 15.8. The quantitative estimate of drug-likeness (QED) is 0.0619. The molecule has 5 rings (SSSR count). The van der Waals surface area contributed by atoms with Crippen molar-refractivity contribution < 1.29 is 24.3 Å². The number of esters is 1. The molecule has 0 unspecified atom stereocenters.